The molecule has 0 aromatic heterocycles. The van der Waals surface area contributed by atoms with Gasteiger partial charge in [-0.15, -0.1) is 0 Å². The summed E-state index contributed by atoms with van der Waals surface area (Å²) in [6.07, 6.45) is 1.07. The van der Waals surface area contributed by atoms with Gasteiger partial charge in [-0.1, -0.05) is 19.9 Å². The van der Waals surface area contributed by atoms with E-state index in [9.17, 15) is 5.11 Å². The summed E-state index contributed by atoms with van der Waals surface area (Å²) >= 11 is 0. The first kappa shape index (κ1) is 13.7. The third-order valence-electron chi connectivity index (χ3n) is 4.03. The lowest BCUT2D eigenvalue weighted by atomic mass is 9.88. The van der Waals surface area contributed by atoms with Crippen molar-refractivity contribution in [2.24, 2.45) is 5.92 Å². The number of hydrogen-bond donors (Lipinski definition) is 2. The van der Waals surface area contributed by atoms with Crippen LogP contribution in [0.2, 0.25) is 0 Å². The van der Waals surface area contributed by atoms with Gasteiger partial charge in [0.05, 0.1) is 18.3 Å². The lowest BCUT2D eigenvalue weighted by Crippen LogP contribution is -2.43. The predicted molar refractivity (Wildman–Crippen MR) is 77.2 cm³/mol. The highest BCUT2D eigenvalue weighted by Gasteiger charge is 2.43. The molecule has 1 saturated heterocycles. The van der Waals surface area contributed by atoms with Crippen molar-refractivity contribution in [3.63, 3.8) is 0 Å². The van der Waals surface area contributed by atoms with E-state index >= 15 is 0 Å². The van der Waals surface area contributed by atoms with Crippen LogP contribution >= 0.6 is 0 Å². The number of ether oxygens (including phenoxy) is 2. The minimum atomic E-state index is -0.512. The Kier molecular flexibility index (Phi) is 3.61. The van der Waals surface area contributed by atoms with E-state index in [4.69, 9.17) is 9.47 Å². The second-order valence-corrected chi connectivity index (χ2v) is 6.30. The van der Waals surface area contributed by atoms with Gasteiger partial charge in [0.25, 0.3) is 0 Å². The van der Waals surface area contributed by atoms with Gasteiger partial charge in [0.2, 0.25) is 0 Å². The van der Waals surface area contributed by atoms with Crippen LogP contribution in [0.15, 0.2) is 18.2 Å². The van der Waals surface area contributed by atoms with Gasteiger partial charge in [0.1, 0.15) is 17.1 Å². The molecule has 1 aromatic carbocycles. The van der Waals surface area contributed by atoms with E-state index in [2.05, 4.69) is 19.2 Å². The Labute approximate surface area is 120 Å². The third-order valence-corrected chi connectivity index (χ3v) is 4.03. The summed E-state index contributed by atoms with van der Waals surface area (Å²) in [7, 11) is 0. The number of hydrogen-bond acceptors (Lipinski definition) is 4. The zero-order chi connectivity index (χ0) is 14.2. The summed E-state index contributed by atoms with van der Waals surface area (Å²) in [5, 5.41) is 13.9. The van der Waals surface area contributed by atoms with Crippen LogP contribution in [0, 0.1) is 5.92 Å². The number of benzene rings is 1. The smallest absolute Gasteiger partial charge is 0.129 e. The molecule has 1 fully saturated rings. The zero-order valence-corrected chi connectivity index (χ0v) is 12.2. The first-order valence-corrected chi connectivity index (χ1v) is 7.43. The Morgan fingerprint density at radius 3 is 3.05 bits per heavy atom. The first-order chi connectivity index (χ1) is 9.60. The van der Waals surface area contributed by atoms with Gasteiger partial charge in [0, 0.05) is 19.4 Å². The van der Waals surface area contributed by atoms with Crippen molar-refractivity contribution in [1.82, 2.24) is 5.32 Å². The van der Waals surface area contributed by atoms with Crippen molar-refractivity contribution >= 4 is 0 Å². The number of aliphatic hydroxyl groups excluding tert-OH is 1. The summed E-state index contributed by atoms with van der Waals surface area (Å²) in [4.78, 5) is 0. The molecular formula is C16H23NO3. The normalized spacial score (nSPS) is 28.5. The molecule has 0 radical (unpaired) electrons. The fourth-order valence-electron chi connectivity index (χ4n) is 3.04. The van der Waals surface area contributed by atoms with E-state index in [1.165, 1.54) is 0 Å². The van der Waals surface area contributed by atoms with Crippen molar-refractivity contribution in [2.75, 3.05) is 19.7 Å². The molecule has 0 saturated carbocycles. The maximum absolute atomic E-state index is 10.5. The first-order valence-electron chi connectivity index (χ1n) is 7.43. The molecule has 2 aliphatic heterocycles. The Morgan fingerprint density at radius 2 is 2.35 bits per heavy atom. The molecule has 4 heteroatoms. The second-order valence-electron chi connectivity index (χ2n) is 6.30. The summed E-state index contributed by atoms with van der Waals surface area (Å²) in [6.45, 7) is 6.63. The van der Waals surface area contributed by atoms with Crippen molar-refractivity contribution in [2.45, 2.75) is 38.4 Å². The Morgan fingerprint density at radius 1 is 1.50 bits per heavy atom. The fraction of sp³-hybridized carbons (Fsp3) is 0.625. The molecule has 1 aromatic rings. The highest BCUT2D eigenvalue weighted by atomic mass is 16.5. The molecule has 0 bridgehead atoms. The molecule has 2 heterocycles. The van der Waals surface area contributed by atoms with Crippen LogP contribution in [0.5, 0.6) is 11.5 Å². The van der Waals surface area contributed by atoms with Gasteiger partial charge in [0.15, 0.2) is 0 Å². The molecule has 3 rings (SSSR count). The molecule has 20 heavy (non-hydrogen) atoms. The molecule has 0 amide bonds. The van der Waals surface area contributed by atoms with Crippen LogP contribution in [0.3, 0.4) is 0 Å². The molecule has 2 N–H and O–H groups in total. The summed E-state index contributed by atoms with van der Waals surface area (Å²) in [5.74, 6) is 1.98. The maximum Gasteiger partial charge on any atom is 0.129 e. The highest BCUT2D eigenvalue weighted by molar-refractivity contribution is 5.48. The lowest BCUT2D eigenvalue weighted by Gasteiger charge is -2.38. The largest absolute Gasteiger partial charge is 0.493 e. The number of rotatable bonds is 3. The Hall–Kier alpha value is -1.26. The lowest BCUT2D eigenvalue weighted by molar-refractivity contribution is -0.00213. The Balaban J connectivity index is 1.88. The second kappa shape index (κ2) is 5.26. The summed E-state index contributed by atoms with van der Waals surface area (Å²) < 4.78 is 12.0. The van der Waals surface area contributed by atoms with E-state index in [0.717, 1.165) is 36.6 Å². The zero-order valence-electron chi connectivity index (χ0n) is 12.2. The number of aliphatic hydroxyl groups is 1. The molecule has 1 spiro atoms. The van der Waals surface area contributed by atoms with Gasteiger partial charge in [-0.3, -0.25) is 0 Å². The van der Waals surface area contributed by atoms with Crippen LogP contribution in [0.1, 0.15) is 38.4 Å². The van der Waals surface area contributed by atoms with Crippen molar-refractivity contribution < 1.29 is 14.6 Å². The molecular weight excluding hydrogens is 254 g/mol. The molecule has 2 aliphatic rings. The predicted octanol–water partition coefficient (Wildman–Crippen LogP) is 2.27. The standard InChI is InChI=1S/C16H23NO3/c1-11(2)9-19-13-4-3-5-14-15(13)12(18)8-16(20-14)6-7-17-10-16/h3-5,11-12,17-18H,6-10H2,1-2H3. The van der Waals surface area contributed by atoms with Crippen LogP contribution in [-0.2, 0) is 0 Å². The average molecular weight is 277 g/mol. The van der Waals surface area contributed by atoms with Gasteiger partial charge >= 0.3 is 0 Å². The summed E-state index contributed by atoms with van der Waals surface area (Å²) in [6, 6.07) is 5.78. The van der Waals surface area contributed by atoms with Gasteiger partial charge in [-0.25, -0.2) is 0 Å². The van der Waals surface area contributed by atoms with E-state index in [1.54, 1.807) is 0 Å². The molecule has 4 nitrogen and oxygen atoms in total. The third kappa shape index (κ3) is 2.50. The van der Waals surface area contributed by atoms with E-state index in [0.29, 0.717) is 18.9 Å². The highest BCUT2D eigenvalue weighted by Crippen LogP contribution is 2.46. The molecule has 110 valence electrons. The number of fused-ring (bicyclic) bond motifs is 1. The van der Waals surface area contributed by atoms with Gasteiger partial charge < -0.3 is 19.9 Å². The van der Waals surface area contributed by atoms with Gasteiger partial charge in [-0.05, 0) is 24.6 Å². The molecule has 2 unspecified atom stereocenters. The van der Waals surface area contributed by atoms with Crippen LogP contribution in [0.25, 0.3) is 0 Å². The summed E-state index contributed by atoms with van der Waals surface area (Å²) in [5.41, 5.74) is 0.564. The SMILES string of the molecule is CC(C)COc1cccc2c1C(O)CC1(CCNC1)O2. The van der Waals surface area contributed by atoms with Gasteiger partial charge in [-0.2, -0.15) is 0 Å². The Bertz CT molecular complexity index is 481. The monoisotopic (exact) mass is 277 g/mol. The minimum absolute atomic E-state index is 0.247. The van der Waals surface area contributed by atoms with E-state index in [1.807, 2.05) is 18.2 Å². The average Bonchev–Trinajstić information content (AvgIpc) is 2.83. The van der Waals surface area contributed by atoms with Crippen LogP contribution in [-0.4, -0.2) is 30.4 Å². The van der Waals surface area contributed by atoms with E-state index in [-0.39, 0.29) is 5.60 Å². The maximum atomic E-state index is 10.5. The quantitative estimate of drug-likeness (QED) is 0.890. The van der Waals surface area contributed by atoms with Crippen molar-refractivity contribution in [3.8, 4) is 11.5 Å². The molecule has 0 aliphatic carbocycles. The number of nitrogens with one attached hydrogen (secondary N) is 1. The van der Waals surface area contributed by atoms with Crippen molar-refractivity contribution in [1.29, 1.82) is 0 Å². The van der Waals surface area contributed by atoms with Crippen molar-refractivity contribution in [3.05, 3.63) is 23.8 Å². The topological polar surface area (TPSA) is 50.7 Å². The fourth-order valence-corrected chi connectivity index (χ4v) is 3.04. The van der Waals surface area contributed by atoms with E-state index < -0.39 is 6.10 Å². The van der Waals surface area contributed by atoms with Crippen LogP contribution < -0.4 is 14.8 Å². The van der Waals surface area contributed by atoms with Crippen LogP contribution in [0.4, 0.5) is 0 Å². The minimum Gasteiger partial charge on any atom is -0.493 e. The molecule has 2 atom stereocenters.